The van der Waals surface area contributed by atoms with Gasteiger partial charge in [0.05, 0.1) is 19.5 Å². The van der Waals surface area contributed by atoms with Crippen LogP contribution in [0.5, 0.6) is 11.5 Å². The Morgan fingerprint density at radius 2 is 2.14 bits per heavy atom. The first-order chi connectivity index (χ1) is 10.1. The number of phenolic OH excluding ortho intramolecular Hbond substituents is 1. The molecule has 0 amide bonds. The molecule has 1 aromatic rings. The predicted molar refractivity (Wildman–Crippen MR) is 80.7 cm³/mol. The van der Waals surface area contributed by atoms with Crippen molar-refractivity contribution in [3.63, 3.8) is 0 Å². The topological polar surface area (TPSA) is 65.0 Å². The normalized spacial score (nSPS) is 11.8. The van der Waals surface area contributed by atoms with E-state index >= 15 is 0 Å². The van der Waals surface area contributed by atoms with E-state index in [1.165, 1.54) is 21.7 Å². The van der Waals surface area contributed by atoms with Crippen LogP contribution in [-0.2, 0) is 20.6 Å². The molecule has 21 heavy (non-hydrogen) atoms. The molecule has 0 spiro atoms. The van der Waals surface area contributed by atoms with Crippen LogP contribution in [0.1, 0.15) is 25.3 Å². The van der Waals surface area contributed by atoms with Crippen LogP contribution >= 0.6 is 0 Å². The molecule has 0 saturated carbocycles. The van der Waals surface area contributed by atoms with E-state index in [4.69, 9.17) is 14.1 Å². The lowest BCUT2D eigenvalue weighted by atomic mass is 9.76. The largest absolute Gasteiger partial charge is 0.504 e. The van der Waals surface area contributed by atoms with E-state index in [0.717, 1.165) is 18.4 Å². The highest BCUT2D eigenvalue weighted by molar-refractivity contribution is 6.36. The molecule has 1 N–H and O–H groups in total. The molecule has 5 nitrogen and oxygen atoms in total. The van der Waals surface area contributed by atoms with Gasteiger partial charge in [-0.05, 0) is 30.5 Å². The number of rotatable bonds is 9. The number of ether oxygens (including phenoxy) is 2. The monoisotopic (exact) mass is 293 g/mol. The molecule has 0 aliphatic rings. The highest BCUT2D eigenvalue weighted by atomic mass is 16.5. The summed E-state index contributed by atoms with van der Waals surface area (Å²) in [7, 11) is 4.24. The van der Waals surface area contributed by atoms with Gasteiger partial charge in [0.2, 0.25) is 0 Å². The van der Waals surface area contributed by atoms with E-state index < -0.39 is 5.82 Å². The first kappa shape index (κ1) is 17.4. The summed E-state index contributed by atoms with van der Waals surface area (Å²) in [6, 6.07) is 5.13. The number of unbranched alkanes of at least 4 members (excludes halogenated alkanes) is 1. The Bertz CT molecular complexity index is 450. The maximum Gasteiger partial charge on any atom is 0.307 e. The molecular weight excluding hydrogens is 271 g/mol. The third kappa shape index (κ3) is 5.67. The minimum absolute atomic E-state index is 0.0737. The smallest absolute Gasteiger partial charge is 0.307 e. The molecule has 115 valence electrons. The fourth-order valence-corrected chi connectivity index (χ4v) is 1.90. The molecule has 0 aromatic heterocycles. The average Bonchev–Trinajstić information content (AvgIpc) is 2.48. The molecular formula is C15H22BO5. The van der Waals surface area contributed by atoms with Crippen LogP contribution in [0, 0.1) is 0 Å². The minimum Gasteiger partial charge on any atom is -0.504 e. The van der Waals surface area contributed by atoms with Crippen LogP contribution in [0.25, 0.3) is 0 Å². The van der Waals surface area contributed by atoms with Crippen LogP contribution in [-0.4, -0.2) is 39.4 Å². The zero-order chi connectivity index (χ0) is 15.7. The summed E-state index contributed by atoms with van der Waals surface area (Å²) in [4.78, 5) is 11.6. The highest BCUT2D eigenvalue weighted by Gasteiger charge is 2.22. The van der Waals surface area contributed by atoms with Gasteiger partial charge in [0, 0.05) is 7.11 Å². The molecule has 0 aliphatic carbocycles. The van der Waals surface area contributed by atoms with Gasteiger partial charge in [-0.25, -0.2) is 0 Å². The van der Waals surface area contributed by atoms with Crippen molar-refractivity contribution in [2.24, 2.45) is 0 Å². The third-order valence-corrected chi connectivity index (χ3v) is 3.04. The second-order valence-corrected chi connectivity index (χ2v) is 4.71. The highest BCUT2D eigenvalue weighted by Crippen LogP contribution is 2.28. The van der Waals surface area contributed by atoms with Crippen molar-refractivity contribution >= 4 is 13.5 Å². The molecule has 1 aromatic carbocycles. The van der Waals surface area contributed by atoms with E-state index in [9.17, 15) is 9.90 Å². The Morgan fingerprint density at radius 3 is 2.71 bits per heavy atom. The molecule has 6 heteroatoms. The van der Waals surface area contributed by atoms with E-state index in [2.05, 4.69) is 6.92 Å². The van der Waals surface area contributed by atoms with Gasteiger partial charge in [0.1, 0.15) is 0 Å². The molecule has 0 bridgehead atoms. The third-order valence-electron chi connectivity index (χ3n) is 3.04. The minimum atomic E-state index is -0.508. The lowest BCUT2D eigenvalue weighted by Gasteiger charge is -2.13. The summed E-state index contributed by atoms with van der Waals surface area (Å²) in [5, 5.41) is 9.95. The van der Waals surface area contributed by atoms with Crippen molar-refractivity contribution in [1.82, 2.24) is 0 Å². The van der Waals surface area contributed by atoms with Gasteiger partial charge in [-0.15, -0.1) is 0 Å². The van der Waals surface area contributed by atoms with Crippen LogP contribution in [0.3, 0.4) is 0 Å². The molecule has 0 fully saturated rings. The van der Waals surface area contributed by atoms with Crippen molar-refractivity contribution in [3.05, 3.63) is 23.8 Å². The lowest BCUT2D eigenvalue weighted by Crippen LogP contribution is -2.20. The number of methoxy groups -OCH3 is 1. The second kappa shape index (κ2) is 9.29. The van der Waals surface area contributed by atoms with Crippen LogP contribution in [0.2, 0.25) is 5.82 Å². The quantitative estimate of drug-likeness (QED) is 0.430. The summed E-state index contributed by atoms with van der Waals surface area (Å²) in [5.41, 5.74) is 0.805. The Morgan fingerprint density at radius 1 is 1.38 bits per heavy atom. The standard InChI is InChI=1S/C15H22BO5/c1-4-5-8-21-14-7-6-11(10-13(14)17)9-12(16-20-3)15(18)19-2/h6-7,10,12,17H,4-5,8-9H2,1-3H3/t12-/m0/s1. The zero-order valence-corrected chi connectivity index (χ0v) is 12.8. The first-order valence-corrected chi connectivity index (χ1v) is 7.01. The van der Waals surface area contributed by atoms with Crippen LogP contribution < -0.4 is 4.74 Å². The number of carbonyl (C=O) groups excluding carboxylic acids is 1. The predicted octanol–water partition coefficient (Wildman–Crippen LogP) is 2.34. The fraction of sp³-hybridized carbons (Fsp3) is 0.533. The number of benzene rings is 1. The Balaban J connectivity index is 2.70. The zero-order valence-electron chi connectivity index (χ0n) is 12.8. The van der Waals surface area contributed by atoms with Crippen molar-refractivity contribution < 1.29 is 24.0 Å². The summed E-state index contributed by atoms with van der Waals surface area (Å²) in [6.07, 6.45) is 2.37. The van der Waals surface area contributed by atoms with Gasteiger partial charge in [-0.3, -0.25) is 4.79 Å². The molecule has 0 saturated heterocycles. The number of aromatic hydroxyl groups is 1. The average molecular weight is 293 g/mol. The summed E-state index contributed by atoms with van der Waals surface area (Å²) < 4.78 is 15.1. The Hall–Kier alpha value is -1.69. The second-order valence-electron chi connectivity index (χ2n) is 4.71. The molecule has 0 unspecified atom stereocenters. The molecule has 0 heterocycles. The SMILES string of the molecule is CCCCOc1ccc(C[C@H]([B]OC)C(=O)OC)cc1O. The summed E-state index contributed by atoms with van der Waals surface area (Å²) >= 11 is 0. The lowest BCUT2D eigenvalue weighted by molar-refractivity contribution is -0.140. The van der Waals surface area contributed by atoms with Crippen LogP contribution in [0.15, 0.2) is 18.2 Å². The summed E-state index contributed by atoms with van der Waals surface area (Å²) in [6.45, 7) is 2.65. The number of carbonyl (C=O) groups is 1. The van der Waals surface area contributed by atoms with Crippen LogP contribution in [0.4, 0.5) is 0 Å². The van der Waals surface area contributed by atoms with E-state index in [0.29, 0.717) is 18.8 Å². The van der Waals surface area contributed by atoms with E-state index in [1.807, 2.05) is 6.07 Å². The number of phenols is 1. The maximum atomic E-state index is 11.6. The number of hydrogen-bond acceptors (Lipinski definition) is 5. The van der Waals surface area contributed by atoms with Gasteiger partial charge in [-0.2, -0.15) is 0 Å². The van der Waals surface area contributed by atoms with Gasteiger partial charge in [-0.1, -0.05) is 19.4 Å². The Kier molecular flexibility index (Phi) is 7.68. The van der Waals surface area contributed by atoms with Gasteiger partial charge in [0.25, 0.3) is 0 Å². The number of hydrogen-bond donors (Lipinski definition) is 1. The van der Waals surface area contributed by atoms with Gasteiger partial charge in [0.15, 0.2) is 11.5 Å². The molecule has 0 aliphatic heterocycles. The van der Waals surface area contributed by atoms with Gasteiger partial charge >= 0.3 is 13.5 Å². The fourth-order valence-electron chi connectivity index (χ4n) is 1.90. The molecule has 1 atom stereocenters. The molecule has 1 radical (unpaired) electrons. The summed E-state index contributed by atoms with van der Waals surface area (Å²) in [5.74, 6) is -0.354. The van der Waals surface area contributed by atoms with Crippen molar-refractivity contribution in [2.45, 2.75) is 32.0 Å². The van der Waals surface area contributed by atoms with E-state index in [1.54, 1.807) is 12.1 Å². The van der Waals surface area contributed by atoms with Crippen molar-refractivity contribution in [1.29, 1.82) is 0 Å². The molecule has 1 rings (SSSR count). The van der Waals surface area contributed by atoms with Gasteiger partial charge < -0.3 is 19.2 Å². The maximum absolute atomic E-state index is 11.6. The van der Waals surface area contributed by atoms with Crippen molar-refractivity contribution in [3.8, 4) is 11.5 Å². The Labute approximate surface area is 126 Å². The van der Waals surface area contributed by atoms with E-state index in [-0.39, 0.29) is 11.7 Å². The number of esters is 1. The van der Waals surface area contributed by atoms with Crippen molar-refractivity contribution in [2.75, 3.05) is 20.8 Å². The first-order valence-electron chi connectivity index (χ1n) is 7.01.